The van der Waals surface area contributed by atoms with Crippen LogP contribution in [0.2, 0.25) is 0 Å². The zero-order valence-electron chi connectivity index (χ0n) is 17.8. The van der Waals surface area contributed by atoms with Crippen LogP contribution in [0.15, 0.2) is 78.9 Å². The lowest BCUT2D eigenvalue weighted by Gasteiger charge is -2.10. The van der Waals surface area contributed by atoms with Crippen molar-refractivity contribution in [2.75, 3.05) is 10.6 Å². The van der Waals surface area contributed by atoms with E-state index in [1.165, 1.54) is 11.1 Å². The molecule has 0 saturated heterocycles. The van der Waals surface area contributed by atoms with Crippen molar-refractivity contribution in [2.24, 2.45) is 0 Å². The molecule has 4 rings (SSSR count). The van der Waals surface area contributed by atoms with Crippen LogP contribution in [-0.2, 0) is 0 Å². The number of hydrogen-bond acceptors (Lipinski definition) is 4. The second kappa shape index (κ2) is 8.79. The second-order valence-electron chi connectivity index (χ2n) is 7.63. The number of anilines is 3. The van der Waals surface area contributed by atoms with Crippen molar-refractivity contribution >= 4 is 23.1 Å². The summed E-state index contributed by atoms with van der Waals surface area (Å²) in [7, 11) is 0. The SMILES string of the molecule is Cc1cccc(-c2ccc(Nc3cccc(C(=O)Nc4ccc(C)c(C)c4)c3)nn2)c1. The second-order valence-corrected chi connectivity index (χ2v) is 7.63. The van der Waals surface area contributed by atoms with Crippen LogP contribution in [0.3, 0.4) is 0 Å². The molecule has 0 aliphatic heterocycles. The van der Waals surface area contributed by atoms with Crippen molar-refractivity contribution in [1.82, 2.24) is 10.2 Å². The molecule has 31 heavy (non-hydrogen) atoms. The molecule has 0 fully saturated rings. The Morgan fingerprint density at radius 1 is 0.742 bits per heavy atom. The number of carbonyl (C=O) groups is 1. The van der Waals surface area contributed by atoms with E-state index in [1.807, 2.05) is 68.4 Å². The molecule has 0 bridgehead atoms. The van der Waals surface area contributed by atoms with Gasteiger partial charge in [-0.15, -0.1) is 10.2 Å². The summed E-state index contributed by atoms with van der Waals surface area (Å²) < 4.78 is 0. The summed E-state index contributed by atoms with van der Waals surface area (Å²) in [6, 6.07) is 25.2. The van der Waals surface area contributed by atoms with Gasteiger partial charge in [0.15, 0.2) is 5.82 Å². The fourth-order valence-corrected chi connectivity index (χ4v) is 3.27. The summed E-state index contributed by atoms with van der Waals surface area (Å²) in [6.45, 7) is 6.13. The molecule has 5 nitrogen and oxygen atoms in total. The van der Waals surface area contributed by atoms with Gasteiger partial charge in [0.2, 0.25) is 0 Å². The monoisotopic (exact) mass is 408 g/mol. The Balaban J connectivity index is 1.46. The lowest BCUT2D eigenvalue weighted by molar-refractivity contribution is 0.102. The first-order valence-corrected chi connectivity index (χ1v) is 10.1. The Kier molecular flexibility index (Phi) is 5.76. The zero-order valence-corrected chi connectivity index (χ0v) is 17.8. The van der Waals surface area contributed by atoms with Crippen molar-refractivity contribution in [2.45, 2.75) is 20.8 Å². The fourth-order valence-electron chi connectivity index (χ4n) is 3.27. The average Bonchev–Trinajstić information content (AvgIpc) is 2.77. The lowest BCUT2D eigenvalue weighted by Crippen LogP contribution is -2.12. The maximum Gasteiger partial charge on any atom is 0.255 e. The number of aromatic nitrogens is 2. The first-order valence-electron chi connectivity index (χ1n) is 10.1. The number of nitrogens with zero attached hydrogens (tertiary/aromatic N) is 2. The van der Waals surface area contributed by atoms with E-state index in [4.69, 9.17) is 0 Å². The zero-order chi connectivity index (χ0) is 21.8. The third kappa shape index (κ3) is 4.95. The van der Waals surface area contributed by atoms with Crippen LogP contribution in [0.4, 0.5) is 17.2 Å². The van der Waals surface area contributed by atoms with E-state index in [0.717, 1.165) is 28.2 Å². The molecule has 0 aliphatic carbocycles. The van der Waals surface area contributed by atoms with Crippen LogP contribution in [0.1, 0.15) is 27.0 Å². The summed E-state index contributed by atoms with van der Waals surface area (Å²) in [5.41, 5.74) is 7.47. The number of benzene rings is 3. The summed E-state index contributed by atoms with van der Waals surface area (Å²) >= 11 is 0. The fraction of sp³-hybridized carbons (Fsp3) is 0.115. The molecular formula is C26H24N4O. The van der Waals surface area contributed by atoms with Crippen LogP contribution in [0.25, 0.3) is 11.3 Å². The minimum absolute atomic E-state index is 0.159. The molecular weight excluding hydrogens is 384 g/mol. The van der Waals surface area contributed by atoms with Gasteiger partial charge >= 0.3 is 0 Å². The smallest absolute Gasteiger partial charge is 0.255 e. The quantitative estimate of drug-likeness (QED) is 0.421. The minimum atomic E-state index is -0.159. The molecule has 0 atom stereocenters. The molecule has 0 aliphatic rings. The molecule has 154 valence electrons. The van der Waals surface area contributed by atoms with Gasteiger partial charge in [0.25, 0.3) is 5.91 Å². The van der Waals surface area contributed by atoms with Crippen molar-refractivity contribution in [3.8, 4) is 11.3 Å². The molecule has 3 aromatic carbocycles. The van der Waals surface area contributed by atoms with Crippen LogP contribution >= 0.6 is 0 Å². The summed E-state index contributed by atoms with van der Waals surface area (Å²) in [4.78, 5) is 12.7. The van der Waals surface area contributed by atoms with E-state index in [0.29, 0.717) is 11.4 Å². The number of rotatable bonds is 5. The predicted molar refractivity (Wildman–Crippen MR) is 126 cm³/mol. The number of aryl methyl sites for hydroxylation is 3. The van der Waals surface area contributed by atoms with Gasteiger partial charge in [-0.2, -0.15) is 0 Å². The maximum atomic E-state index is 12.7. The molecule has 1 amide bonds. The Morgan fingerprint density at radius 2 is 1.58 bits per heavy atom. The van der Waals surface area contributed by atoms with E-state index in [-0.39, 0.29) is 5.91 Å². The Morgan fingerprint density at radius 3 is 2.32 bits per heavy atom. The van der Waals surface area contributed by atoms with Crippen molar-refractivity contribution in [3.63, 3.8) is 0 Å². The van der Waals surface area contributed by atoms with E-state index < -0.39 is 0 Å². The summed E-state index contributed by atoms with van der Waals surface area (Å²) in [5, 5.41) is 14.8. The van der Waals surface area contributed by atoms with Gasteiger partial charge in [-0.25, -0.2) is 0 Å². The highest BCUT2D eigenvalue weighted by atomic mass is 16.1. The molecule has 5 heteroatoms. The number of carbonyl (C=O) groups excluding carboxylic acids is 1. The third-order valence-electron chi connectivity index (χ3n) is 5.14. The summed E-state index contributed by atoms with van der Waals surface area (Å²) in [6.07, 6.45) is 0. The highest BCUT2D eigenvalue weighted by Gasteiger charge is 2.08. The predicted octanol–water partition coefficient (Wildman–Crippen LogP) is 6.06. The molecule has 0 radical (unpaired) electrons. The molecule has 0 unspecified atom stereocenters. The average molecular weight is 409 g/mol. The number of amides is 1. The minimum Gasteiger partial charge on any atom is -0.339 e. The largest absolute Gasteiger partial charge is 0.339 e. The molecule has 0 spiro atoms. The Labute approximate surface area is 182 Å². The molecule has 4 aromatic rings. The molecule has 0 saturated carbocycles. The van der Waals surface area contributed by atoms with Crippen LogP contribution in [0.5, 0.6) is 0 Å². The number of nitrogens with one attached hydrogen (secondary N) is 2. The highest BCUT2D eigenvalue weighted by molar-refractivity contribution is 6.04. The van der Waals surface area contributed by atoms with E-state index in [9.17, 15) is 4.79 Å². The molecule has 1 aromatic heterocycles. The van der Waals surface area contributed by atoms with Gasteiger partial charge < -0.3 is 10.6 Å². The van der Waals surface area contributed by atoms with Crippen molar-refractivity contribution < 1.29 is 4.79 Å². The number of hydrogen-bond donors (Lipinski definition) is 2. The van der Waals surface area contributed by atoms with E-state index >= 15 is 0 Å². The van der Waals surface area contributed by atoms with Gasteiger partial charge in [0, 0.05) is 22.5 Å². The summed E-state index contributed by atoms with van der Waals surface area (Å²) in [5.74, 6) is 0.455. The Bertz CT molecular complexity index is 1230. The standard InChI is InChI=1S/C26H24N4O/c1-17-6-4-7-20(14-17)24-12-13-25(30-29-24)27-22-9-5-8-21(16-22)26(31)28-23-11-10-18(2)19(3)15-23/h4-16H,1-3H3,(H,27,30)(H,28,31). The molecule has 2 N–H and O–H groups in total. The van der Waals surface area contributed by atoms with Crippen molar-refractivity contribution in [1.29, 1.82) is 0 Å². The van der Waals surface area contributed by atoms with Gasteiger partial charge in [-0.05, 0) is 80.4 Å². The third-order valence-corrected chi connectivity index (χ3v) is 5.14. The first-order chi connectivity index (χ1) is 15.0. The lowest BCUT2D eigenvalue weighted by atomic mass is 10.1. The van der Waals surface area contributed by atoms with Gasteiger partial charge in [-0.1, -0.05) is 35.9 Å². The van der Waals surface area contributed by atoms with Gasteiger partial charge in [0.05, 0.1) is 5.69 Å². The van der Waals surface area contributed by atoms with Gasteiger partial charge in [-0.3, -0.25) is 4.79 Å². The van der Waals surface area contributed by atoms with Crippen LogP contribution < -0.4 is 10.6 Å². The first kappa shape index (κ1) is 20.3. The van der Waals surface area contributed by atoms with Gasteiger partial charge in [0.1, 0.15) is 0 Å². The highest BCUT2D eigenvalue weighted by Crippen LogP contribution is 2.21. The Hall–Kier alpha value is -3.99. The van der Waals surface area contributed by atoms with E-state index in [2.05, 4.69) is 39.9 Å². The van der Waals surface area contributed by atoms with Crippen LogP contribution in [-0.4, -0.2) is 16.1 Å². The normalized spacial score (nSPS) is 10.5. The van der Waals surface area contributed by atoms with Crippen molar-refractivity contribution in [3.05, 3.63) is 101 Å². The topological polar surface area (TPSA) is 66.9 Å². The maximum absolute atomic E-state index is 12.7. The molecule has 1 heterocycles. The van der Waals surface area contributed by atoms with Crippen LogP contribution in [0, 0.1) is 20.8 Å². The van der Waals surface area contributed by atoms with E-state index in [1.54, 1.807) is 12.1 Å².